The minimum absolute atomic E-state index is 0.0171. The normalized spacial score (nSPS) is 12.7. The number of carbonyl (C=O) groups excluding carboxylic acids is 2. The van der Waals surface area contributed by atoms with Crippen LogP contribution in [-0.2, 0) is 9.59 Å². The van der Waals surface area contributed by atoms with Gasteiger partial charge in [0.05, 0.1) is 16.6 Å². The Labute approximate surface area is 217 Å². The Hall–Kier alpha value is -2.02. The Morgan fingerprint density at radius 3 is 2.27 bits per heavy atom. The number of nitrogens with zero attached hydrogens (tertiary/aromatic N) is 1. The lowest BCUT2D eigenvalue weighted by Gasteiger charge is -2.26. The third kappa shape index (κ3) is 8.05. The van der Waals surface area contributed by atoms with Gasteiger partial charge in [0.1, 0.15) is 10.0 Å². The van der Waals surface area contributed by atoms with E-state index < -0.39 is 22.1 Å². The fraction of sp³-hybridized carbons (Fsp3) is 0.174. The summed E-state index contributed by atoms with van der Waals surface area (Å²) >= 11 is 31.0. The second-order valence-electron chi connectivity index (χ2n) is 6.98. The Morgan fingerprint density at radius 1 is 1.06 bits per heavy atom. The largest absolute Gasteiger partial charge is 0.325 e. The number of carbonyl (C=O) groups is 2. The van der Waals surface area contributed by atoms with Crippen molar-refractivity contribution in [3.63, 3.8) is 0 Å². The maximum Gasteiger partial charge on any atom is 0.273 e. The molecule has 1 unspecified atom stereocenters. The molecule has 0 bridgehead atoms. The van der Waals surface area contributed by atoms with Crippen LogP contribution in [-0.4, -0.2) is 22.4 Å². The molecule has 0 aromatic heterocycles. The van der Waals surface area contributed by atoms with Crippen molar-refractivity contribution in [1.82, 2.24) is 0 Å². The molecule has 0 saturated carbocycles. The number of anilines is 2. The molecule has 2 N–H and O–H groups in total. The Kier molecular flexibility index (Phi) is 9.83. The van der Waals surface area contributed by atoms with Gasteiger partial charge in [-0.3, -0.25) is 14.6 Å². The van der Waals surface area contributed by atoms with Crippen LogP contribution in [0.25, 0.3) is 0 Å². The highest BCUT2D eigenvalue weighted by atomic mass is 35.5. The summed E-state index contributed by atoms with van der Waals surface area (Å²) in [4.78, 5) is 29.4. The van der Waals surface area contributed by atoms with E-state index in [0.717, 1.165) is 0 Å². The molecule has 10 heteroatoms. The molecule has 0 radical (unpaired) electrons. The summed E-state index contributed by atoms with van der Waals surface area (Å²) in [7, 11) is 0. The SMILES string of the molecule is C=C(N=C/C=C\C)C(=O)Nc1cc(NC(=O)C(c2cc(Cl)cc(Cl)c2)C(C)(Cl)Cl)ccc1Cl. The molecule has 0 aliphatic rings. The van der Waals surface area contributed by atoms with E-state index in [1.54, 1.807) is 30.4 Å². The molecule has 5 nitrogen and oxygen atoms in total. The first-order chi connectivity index (χ1) is 15.4. The third-order valence-electron chi connectivity index (χ3n) is 4.24. The Bertz CT molecular complexity index is 1100. The molecule has 0 heterocycles. The number of alkyl halides is 2. The summed E-state index contributed by atoms with van der Waals surface area (Å²) in [6.45, 7) is 6.92. The van der Waals surface area contributed by atoms with Gasteiger partial charge in [-0.25, -0.2) is 0 Å². The Morgan fingerprint density at radius 2 is 1.70 bits per heavy atom. The lowest BCUT2D eigenvalue weighted by Crippen LogP contribution is -2.32. The summed E-state index contributed by atoms with van der Waals surface area (Å²) in [6.07, 6.45) is 4.86. The van der Waals surface area contributed by atoms with E-state index >= 15 is 0 Å². The molecule has 2 amide bonds. The molecule has 33 heavy (non-hydrogen) atoms. The standard InChI is InChI=1S/C23H20Cl5N3O2/c1-4-5-8-29-13(2)21(32)31-19-12-17(6-7-18(19)26)30-22(33)20(23(3,27)28)14-9-15(24)11-16(25)10-14/h4-12,20H,2H2,1,3H3,(H,30,33)(H,31,32)/b5-4-,29-8?. The van der Waals surface area contributed by atoms with Crippen molar-refractivity contribution < 1.29 is 9.59 Å². The van der Waals surface area contributed by atoms with Crippen LogP contribution in [0.2, 0.25) is 15.1 Å². The summed E-state index contributed by atoms with van der Waals surface area (Å²) in [5.74, 6) is -2.08. The van der Waals surface area contributed by atoms with Crippen LogP contribution >= 0.6 is 58.0 Å². The molecule has 2 aromatic rings. The van der Waals surface area contributed by atoms with E-state index in [4.69, 9.17) is 58.0 Å². The maximum atomic E-state index is 13.1. The van der Waals surface area contributed by atoms with Crippen molar-refractivity contribution in [2.75, 3.05) is 10.6 Å². The van der Waals surface area contributed by atoms with E-state index in [9.17, 15) is 9.59 Å². The first kappa shape index (κ1) is 27.2. The van der Waals surface area contributed by atoms with E-state index in [2.05, 4.69) is 22.2 Å². The van der Waals surface area contributed by atoms with Crippen molar-refractivity contribution in [1.29, 1.82) is 0 Å². The van der Waals surface area contributed by atoms with E-state index in [1.165, 1.54) is 31.3 Å². The number of halogens is 5. The van der Waals surface area contributed by atoms with Gasteiger partial charge in [0.15, 0.2) is 0 Å². The van der Waals surface area contributed by atoms with Gasteiger partial charge < -0.3 is 10.6 Å². The van der Waals surface area contributed by atoms with E-state index in [0.29, 0.717) is 21.3 Å². The van der Waals surface area contributed by atoms with Crippen molar-refractivity contribution in [2.24, 2.45) is 4.99 Å². The van der Waals surface area contributed by atoms with Gasteiger partial charge in [0, 0.05) is 21.9 Å². The summed E-state index contributed by atoms with van der Waals surface area (Å²) < 4.78 is -1.48. The van der Waals surface area contributed by atoms with Gasteiger partial charge in [-0.15, -0.1) is 23.2 Å². The number of allylic oxidation sites excluding steroid dienone is 2. The minimum atomic E-state index is -1.48. The number of aliphatic imine (C=N–C) groups is 1. The first-order valence-corrected chi connectivity index (χ1v) is 11.4. The maximum absolute atomic E-state index is 13.1. The lowest BCUT2D eigenvalue weighted by atomic mass is 9.94. The van der Waals surface area contributed by atoms with Crippen LogP contribution in [0.5, 0.6) is 0 Å². The number of rotatable bonds is 8. The van der Waals surface area contributed by atoms with Crippen LogP contribution in [0.4, 0.5) is 11.4 Å². The zero-order valence-electron chi connectivity index (χ0n) is 17.6. The zero-order valence-corrected chi connectivity index (χ0v) is 21.4. The fourth-order valence-corrected chi connectivity index (χ4v) is 3.96. The van der Waals surface area contributed by atoms with Gasteiger partial charge >= 0.3 is 0 Å². The second-order valence-corrected chi connectivity index (χ2v) is 10.0. The highest BCUT2D eigenvalue weighted by molar-refractivity contribution is 6.50. The van der Waals surface area contributed by atoms with Crippen molar-refractivity contribution >= 4 is 87.4 Å². The van der Waals surface area contributed by atoms with Crippen LogP contribution < -0.4 is 10.6 Å². The van der Waals surface area contributed by atoms with Gasteiger partial charge in [-0.05, 0) is 61.9 Å². The van der Waals surface area contributed by atoms with Gasteiger partial charge in [-0.2, -0.15) is 0 Å². The van der Waals surface area contributed by atoms with Crippen molar-refractivity contribution in [3.8, 4) is 0 Å². The summed E-state index contributed by atoms with van der Waals surface area (Å²) in [5.41, 5.74) is 1.02. The molecule has 0 fully saturated rings. The van der Waals surface area contributed by atoms with Crippen LogP contribution in [0.1, 0.15) is 25.3 Å². The van der Waals surface area contributed by atoms with Gasteiger partial charge in [0.25, 0.3) is 5.91 Å². The highest BCUT2D eigenvalue weighted by Crippen LogP contribution is 2.40. The molecule has 174 valence electrons. The topological polar surface area (TPSA) is 70.6 Å². The van der Waals surface area contributed by atoms with Crippen LogP contribution in [0, 0.1) is 0 Å². The third-order valence-corrected chi connectivity index (χ3v) is 5.44. The second kappa shape index (κ2) is 11.9. The number of hydrogen-bond acceptors (Lipinski definition) is 3. The highest BCUT2D eigenvalue weighted by Gasteiger charge is 2.37. The lowest BCUT2D eigenvalue weighted by molar-refractivity contribution is -0.117. The summed E-state index contributed by atoms with van der Waals surface area (Å²) in [5, 5.41) is 6.27. The smallest absolute Gasteiger partial charge is 0.273 e. The summed E-state index contributed by atoms with van der Waals surface area (Å²) in [6, 6.07) is 9.23. The Balaban J connectivity index is 2.27. The number of hydrogen-bond donors (Lipinski definition) is 2. The van der Waals surface area contributed by atoms with Crippen molar-refractivity contribution in [2.45, 2.75) is 24.1 Å². The molecular formula is C23H20Cl5N3O2. The minimum Gasteiger partial charge on any atom is -0.325 e. The zero-order chi connectivity index (χ0) is 24.8. The fourth-order valence-electron chi connectivity index (χ4n) is 2.80. The molecular weight excluding hydrogens is 528 g/mol. The number of amides is 2. The predicted octanol–water partition coefficient (Wildman–Crippen LogP) is 7.66. The monoisotopic (exact) mass is 545 g/mol. The first-order valence-electron chi connectivity index (χ1n) is 9.52. The molecule has 0 spiro atoms. The predicted molar refractivity (Wildman–Crippen MR) is 140 cm³/mol. The van der Waals surface area contributed by atoms with Gasteiger partial charge in [0.2, 0.25) is 5.91 Å². The number of nitrogens with one attached hydrogen (secondary N) is 2. The molecule has 0 aliphatic heterocycles. The molecule has 2 rings (SSSR count). The molecule has 0 saturated heterocycles. The van der Waals surface area contributed by atoms with Crippen LogP contribution in [0.15, 0.2) is 65.8 Å². The quantitative estimate of drug-likeness (QED) is 0.202. The van der Waals surface area contributed by atoms with Crippen LogP contribution in [0.3, 0.4) is 0 Å². The van der Waals surface area contributed by atoms with E-state index in [1.807, 2.05) is 6.92 Å². The van der Waals surface area contributed by atoms with Gasteiger partial charge in [-0.1, -0.05) is 47.5 Å². The molecule has 2 aromatic carbocycles. The van der Waals surface area contributed by atoms with E-state index in [-0.39, 0.29) is 16.4 Å². The number of benzene rings is 2. The average Bonchev–Trinajstić information content (AvgIpc) is 2.68. The average molecular weight is 548 g/mol. The van der Waals surface area contributed by atoms with Crippen molar-refractivity contribution in [3.05, 3.63) is 81.5 Å². The molecule has 0 aliphatic carbocycles. The molecule has 1 atom stereocenters.